The average molecular weight is 294 g/mol. The van der Waals surface area contributed by atoms with Crippen molar-refractivity contribution < 1.29 is 19.0 Å². The standard InChI is InChI=1S/C14H12ClNO4/c1-18-11-7-12(14(17)19-2)16-13(8-11)20-10-5-3-4-9(15)6-10/h3-8H,1-2H3. The fourth-order valence-corrected chi connectivity index (χ4v) is 1.69. The van der Waals surface area contributed by atoms with Crippen molar-refractivity contribution in [2.24, 2.45) is 0 Å². The molecule has 0 amide bonds. The Balaban J connectivity index is 2.33. The molecule has 0 saturated heterocycles. The Morgan fingerprint density at radius 2 is 1.95 bits per heavy atom. The molecule has 20 heavy (non-hydrogen) atoms. The van der Waals surface area contributed by atoms with Gasteiger partial charge in [0.15, 0.2) is 5.69 Å². The molecule has 5 nitrogen and oxygen atoms in total. The number of carbonyl (C=O) groups excluding carboxylic acids is 1. The molecule has 0 aliphatic rings. The summed E-state index contributed by atoms with van der Waals surface area (Å²) < 4.78 is 15.3. The zero-order chi connectivity index (χ0) is 14.5. The molecular formula is C14H12ClNO4. The minimum Gasteiger partial charge on any atom is -0.496 e. The third-order valence-corrected chi connectivity index (χ3v) is 2.66. The minimum atomic E-state index is -0.570. The van der Waals surface area contributed by atoms with Gasteiger partial charge in [0, 0.05) is 17.2 Å². The average Bonchev–Trinajstić information content (AvgIpc) is 2.46. The Labute approximate surface area is 121 Å². The van der Waals surface area contributed by atoms with Crippen molar-refractivity contribution in [2.45, 2.75) is 0 Å². The van der Waals surface area contributed by atoms with E-state index in [1.54, 1.807) is 30.3 Å². The highest BCUT2D eigenvalue weighted by Gasteiger charge is 2.12. The highest BCUT2D eigenvalue weighted by Crippen LogP contribution is 2.26. The van der Waals surface area contributed by atoms with Crippen molar-refractivity contribution in [1.82, 2.24) is 4.98 Å². The van der Waals surface area contributed by atoms with E-state index in [-0.39, 0.29) is 11.6 Å². The molecule has 1 aromatic heterocycles. The van der Waals surface area contributed by atoms with Crippen LogP contribution in [0.25, 0.3) is 0 Å². The molecule has 0 atom stereocenters. The van der Waals surface area contributed by atoms with E-state index in [4.69, 9.17) is 21.1 Å². The van der Waals surface area contributed by atoms with Gasteiger partial charge in [-0.1, -0.05) is 17.7 Å². The number of ether oxygens (including phenoxy) is 3. The number of pyridine rings is 1. The summed E-state index contributed by atoms with van der Waals surface area (Å²) in [5.41, 5.74) is 0.101. The summed E-state index contributed by atoms with van der Waals surface area (Å²) in [7, 11) is 2.76. The molecule has 104 valence electrons. The van der Waals surface area contributed by atoms with Crippen molar-refractivity contribution in [3.8, 4) is 17.4 Å². The first-order valence-electron chi connectivity index (χ1n) is 5.70. The highest BCUT2D eigenvalue weighted by molar-refractivity contribution is 6.30. The van der Waals surface area contributed by atoms with Gasteiger partial charge in [0.05, 0.1) is 14.2 Å². The van der Waals surface area contributed by atoms with Crippen LogP contribution in [0, 0.1) is 0 Å². The Morgan fingerprint density at radius 1 is 1.15 bits per heavy atom. The Morgan fingerprint density at radius 3 is 2.60 bits per heavy atom. The molecule has 0 saturated carbocycles. The van der Waals surface area contributed by atoms with Crippen molar-refractivity contribution in [2.75, 3.05) is 14.2 Å². The van der Waals surface area contributed by atoms with Gasteiger partial charge in [0.25, 0.3) is 0 Å². The normalized spacial score (nSPS) is 9.95. The Bertz CT molecular complexity index is 630. The number of esters is 1. The van der Waals surface area contributed by atoms with Gasteiger partial charge in [-0.3, -0.25) is 0 Å². The Kier molecular flexibility index (Phi) is 4.42. The second-order valence-electron chi connectivity index (χ2n) is 3.78. The monoisotopic (exact) mass is 293 g/mol. The second kappa shape index (κ2) is 6.25. The van der Waals surface area contributed by atoms with Crippen LogP contribution in [0.2, 0.25) is 5.02 Å². The smallest absolute Gasteiger partial charge is 0.356 e. The molecule has 0 fully saturated rings. The van der Waals surface area contributed by atoms with Crippen LogP contribution in [0.15, 0.2) is 36.4 Å². The molecule has 1 heterocycles. The molecule has 1 aromatic carbocycles. The van der Waals surface area contributed by atoms with Gasteiger partial charge in [-0.25, -0.2) is 9.78 Å². The number of hydrogen-bond acceptors (Lipinski definition) is 5. The quantitative estimate of drug-likeness (QED) is 0.809. The number of methoxy groups -OCH3 is 2. The zero-order valence-corrected chi connectivity index (χ0v) is 11.7. The molecule has 2 aromatic rings. The summed E-state index contributed by atoms with van der Waals surface area (Å²) in [5, 5.41) is 0.540. The molecule has 0 bridgehead atoms. The largest absolute Gasteiger partial charge is 0.496 e. The second-order valence-corrected chi connectivity index (χ2v) is 4.22. The molecule has 2 rings (SSSR count). The van der Waals surface area contributed by atoms with Gasteiger partial charge in [-0.15, -0.1) is 0 Å². The fraction of sp³-hybridized carbons (Fsp3) is 0.143. The van der Waals surface area contributed by atoms with Gasteiger partial charge in [0.2, 0.25) is 5.88 Å². The van der Waals surface area contributed by atoms with Crippen LogP contribution in [0.3, 0.4) is 0 Å². The van der Waals surface area contributed by atoms with Gasteiger partial charge in [-0.2, -0.15) is 0 Å². The van der Waals surface area contributed by atoms with Gasteiger partial charge >= 0.3 is 5.97 Å². The number of carbonyl (C=O) groups is 1. The Hall–Kier alpha value is -2.27. The van der Waals surface area contributed by atoms with Crippen LogP contribution in [-0.2, 0) is 4.74 Å². The molecule has 6 heteroatoms. The summed E-state index contributed by atoms with van der Waals surface area (Å²) in [4.78, 5) is 15.6. The van der Waals surface area contributed by atoms with E-state index in [1.807, 2.05) is 0 Å². The van der Waals surface area contributed by atoms with E-state index in [0.29, 0.717) is 16.5 Å². The molecule has 0 aliphatic heterocycles. The van der Waals surface area contributed by atoms with E-state index in [0.717, 1.165) is 0 Å². The fourth-order valence-electron chi connectivity index (χ4n) is 1.51. The summed E-state index contributed by atoms with van der Waals surface area (Å²) in [5.74, 6) is 0.596. The van der Waals surface area contributed by atoms with Crippen molar-refractivity contribution >= 4 is 17.6 Å². The molecule has 0 N–H and O–H groups in total. The van der Waals surface area contributed by atoms with Crippen LogP contribution < -0.4 is 9.47 Å². The van der Waals surface area contributed by atoms with Gasteiger partial charge in [0.1, 0.15) is 11.5 Å². The summed E-state index contributed by atoms with van der Waals surface area (Å²) >= 11 is 5.87. The first-order valence-corrected chi connectivity index (χ1v) is 6.08. The third kappa shape index (κ3) is 3.39. The number of rotatable bonds is 4. The summed E-state index contributed by atoms with van der Waals surface area (Å²) in [6, 6.07) is 9.88. The minimum absolute atomic E-state index is 0.101. The van der Waals surface area contributed by atoms with Gasteiger partial charge in [-0.05, 0) is 18.2 Å². The number of aromatic nitrogens is 1. The predicted octanol–water partition coefficient (Wildman–Crippen LogP) is 3.32. The van der Waals surface area contributed by atoms with Crippen LogP contribution in [-0.4, -0.2) is 25.2 Å². The molecule has 0 unspecified atom stereocenters. The van der Waals surface area contributed by atoms with E-state index in [9.17, 15) is 4.79 Å². The van der Waals surface area contributed by atoms with Crippen molar-refractivity contribution in [3.05, 3.63) is 47.1 Å². The summed E-state index contributed by atoms with van der Waals surface area (Å²) in [6.07, 6.45) is 0. The molecule has 0 spiro atoms. The van der Waals surface area contributed by atoms with Crippen LogP contribution in [0.1, 0.15) is 10.5 Å². The molecule has 0 aliphatic carbocycles. The maximum atomic E-state index is 11.5. The number of hydrogen-bond donors (Lipinski definition) is 0. The maximum absolute atomic E-state index is 11.5. The van der Waals surface area contributed by atoms with E-state index < -0.39 is 5.97 Å². The first-order chi connectivity index (χ1) is 9.62. The lowest BCUT2D eigenvalue weighted by Gasteiger charge is -2.08. The third-order valence-electron chi connectivity index (χ3n) is 2.42. The zero-order valence-electron chi connectivity index (χ0n) is 10.9. The molecule has 0 radical (unpaired) electrons. The lowest BCUT2D eigenvalue weighted by atomic mass is 10.3. The maximum Gasteiger partial charge on any atom is 0.356 e. The first kappa shape index (κ1) is 14.1. The lowest BCUT2D eigenvalue weighted by Crippen LogP contribution is -2.05. The summed E-state index contributed by atoms with van der Waals surface area (Å²) in [6.45, 7) is 0. The van der Waals surface area contributed by atoms with Crippen molar-refractivity contribution in [1.29, 1.82) is 0 Å². The molecular weight excluding hydrogens is 282 g/mol. The van der Waals surface area contributed by atoms with E-state index >= 15 is 0 Å². The van der Waals surface area contributed by atoms with E-state index in [2.05, 4.69) is 9.72 Å². The van der Waals surface area contributed by atoms with Crippen LogP contribution in [0.5, 0.6) is 17.4 Å². The van der Waals surface area contributed by atoms with Gasteiger partial charge < -0.3 is 14.2 Å². The SMILES string of the molecule is COC(=O)c1cc(OC)cc(Oc2cccc(Cl)c2)n1. The van der Waals surface area contributed by atoms with Crippen molar-refractivity contribution in [3.63, 3.8) is 0 Å². The number of halogens is 1. The predicted molar refractivity (Wildman–Crippen MR) is 73.7 cm³/mol. The van der Waals surface area contributed by atoms with Crippen LogP contribution in [0.4, 0.5) is 0 Å². The highest BCUT2D eigenvalue weighted by atomic mass is 35.5. The van der Waals surface area contributed by atoms with E-state index in [1.165, 1.54) is 20.3 Å². The lowest BCUT2D eigenvalue weighted by molar-refractivity contribution is 0.0592. The number of nitrogens with zero attached hydrogens (tertiary/aromatic N) is 1. The topological polar surface area (TPSA) is 57.7 Å². The number of benzene rings is 1. The van der Waals surface area contributed by atoms with Crippen LogP contribution >= 0.6 is 11.6 Å².